The first-order valence-electron chi connectivity index (χ1n) is 15.5. The lowest BCUT2D eigenvalue weighted by atomic mass is 10.4. The van der Waals surface area contributed by atoms with Gasteiger partial charge in [0, 0.05) is 18.6 Å². The zero-order chi connectivity index (χ0) is 42.5. The molecule has 8 aromatic heterocycles. The van der Waals surface area contributed by atoms with Crippen molar-refractivity contribution in [1.29, 1.82) is 0 Å². The van der Waals surface area contributed by atoms with Gasteiger partial charge in [-0.25, -0.2) is 54.8 Å². The molecule has 0 bridgehead atoms. The molecule has 0 saturated heterocycles. The number of aliphatic hydroxyl groups is 1. The van der Waals surface area contributed by atoms with Crippen molar-refractivity contribution in [2.75, 3.05) is 14.3 Å². The van der Waals surface area contributed by atoms with Crippen molar-refractivity contribution in [2.45, 2.75) is 13.2 Å². The second-order valence-electron chi connectivity index (χ2n) is 9.42. The first-order chi connectivity index (χ1) is 27.8. The number of fused-ring (bicyclic) bond motifs is 3. The molecule has 0 aliphatic rings. The van der Waals surface area contributed by atoms with Crippen LogP contribution < -0.4 is 9.47 Å². The van der Waals surface area contributed by atoms with Gasteiger partial charge in [-0.2, -0.15) is 0 Å². The van der Waals surface area contributed by atoms with E-state index in [0.29, 0.717) is 77.3 Å². The first kappa shape index (κ1) is 45.3. The minimum absolute atomic E-state index is 0.118. The van der Waals surface area contributed by atoms with Gasteiger partial charge in [0.05, 0.1) is 63.2 Å². The third-order valence-electron chi connectivity index (χ3n) is 5.83. The smallest absolute Gasteiger partial charge is 0.339 e. The van der Waals surface area contributed by atoms with Crippen LogP contribution in [0.5, 0.6) is 11.8 Å². The van der Waals surface area contributed by atoms with Crippen molar-refractivity contribution >= 4 is 118 Å². The van der Waals surface area contributed by atoms with Crippen molar-refractivity contribution in [3.63, 3.8) is 0 Å². The highest BCUT2D eigenvalue weighted by molar-refractivity contribution is 8.24. The number of aliphatic hydroxyl groups excluding tert-OH is 1. The molecule has 1 N–H and O–H groups in total. The lowest BCUT2D eigenvalue weighted by molar-refractivity contribution is 0.240. The Labute approximate surface area is 357 Å². The van der Waals surface area contributed by atoms with Crippen molar-refractivity contribution in [2.24, 2.45) is 0 Å². The number of halogens is 8. The van der Waals surface area contributed by atoms with E-state index in [1.807, 2.05) is 0 Å². The van der Waals surface area contributed by atoms with Crippen LogP contribution in [0.1, 0.15) is 13.2 Å². The van der Waals surface area contributed by atoms with Crippen molar-refractivity contribution in [3.8, 4) is 11.8 Å². The van der Waals surface area contributed by atoms with E-state index in [4.69, 9.17) is 66.8 Å². The Kier molecular flexibility index (Phi) is 19.4. The zero-order valence-electron chi connectivity index (χ0n) is 29.5. The fraction of sp³-hybridized carbons (Fsp3) is 0.129. The van der Waals surface area contributed by atoms with Gasteiger partial charge in [-0.15, -0.1) is 0 Å². The van der Waals surface area contributed by atoms with Crippen LogP contribution in [-0.4, -0.2) is 74.2 Å². The predicted octanol–water partition coefficient (Wildman–Crippen LogP) is 9.83. The molecule has 8 rings (SSSR count). The Morgan fingerprint density at radius 3 is 1.53 bits per heavy atom. The molecule has 8 heterocycles. The highest BCUT2D eigenvalue weighted by Crippen LogP contribution is 2.61. The van der Waals surface area contributed by atoms with Crippen LogP contribution in [0.25, 0.3) is 33.1 Å². The molecule has 0 amide bonds. The molecule has 0 radical (unpaired) electrons. The predicted molar refractivity (Wildman–Crippen MR) is 214 cm³/mol. The zero-order valence-corrected chi connectivity index (χ0v) is 34.7. The van der Waals surface area contributed by atoms with Gasteiger partial charge in [0.15, 0.2) is 22.1 Å². The molecule has 0 unspecified atom stereocenters. The summed E-state index contributed by atoms with van der Waals surface area (Å²) in [5, 5.41) is 6.42. The van der Waals surface area contributed by atoms with Gasteiger partial charge in [0.2, 0.25) is 23.5 Å². The summed E-state index contributed by atoms with van der Waals surface area (Å²) in [6.07, 6.45) is 15.1. The second kappa shape index (κ2) is 24.4. The Morgan fingerprint density at radius 1 is 0.684 bits per heavy atom. The van der Waals surface area contributed by atoms with Crippen LogP contribution in [0, 0.1) is 0 Å². The lowest BCUT2D eigenvalue weighted by Crippen LogP contribution is -1.98. The number of oxazole rings is 2. The molecule has 26 heteroatoms. The van der Waals surface area contributed by atoms with Crippen LogP contribution in [-0.2, 0) is 17.8 Å². The molecule has 8 aromatic rings. The summed E-state index contributed by atoms with van der Waals surface area (Å²) in [6.45, 7) is 0.0823. The Hall–Kier alpha value is -4.36. The van der Waals surface area contributed by atoms with Gasteiger partial charge in [0.25, 0.3) is 0 Å². The van der Waals surface area contributed by atoms with E-state index in [1.54, 1.807) is 50.1 Å². The standard InChI is InChI=1S/C11H7ClN4O2.C8H6ClN3O.C7H3Cl2N3.C4H5NO2.CH3F.Cl3OP/c12-11-10-7(1-2-14-11)16-8(5-15-10)18-6-9-13-3-4-17-9;1-13-6-4-11-7-5(12-6)2-3-10-8(7)9;8-5-3-11-6-4(12-5)1-2-10-7(6)9;6-3-4-5-1-2-7-4;1-2;1-5(2,3)4/h1-5H,6H2;2-4H,1H3;1-3H;1-2,6H,3H2;1H3;/i;;;;1D;. The fourth-order valence-electron chi connectivity index (χ4n) is 3.64. The summed E-state index contributed by atoms with van der Waals surface area (Å²) in [6, 6.07) is 5.16. The van der Waals surface area contributed by atoms with Gasteiger partial charge in [0.1, 0.15) is 40.8 Å². The Morgan fingerprint density at radius 2 is 1.11 bits per heavy atom. The summed E-state index contributed by atoms with van der Waals surface area (Å²) >= 11 is 36.9. The number of ether oxygens (including phenoxy) is 2. The van der Waals surface area contributed by atoms with E-state index in [-0.39, 0.29) is 13.2 Å². The number of rotatable bonds is 5. The minimum Gasteiger partial charge on any atom is -0.480 e. The van der Waals surface area contributed by atoms with Gasteiger partial charge < -0.3 is 23.4 Å². The van der Waals surface area contributed by atoms with Gasteiger partial charge in [-0.3, -0.25) is 8.96 Å². The van der Waals surface area contributed by atoms with E-state index in [2.05, 4.69) is 93.0 Å². The molecule has 300 valence electrons. The van der Waals surface area contributed by atoms with Crippen LogP contribution in [0.4, 0.5) is 4.39 Å². The highest BCUT2D eigenvalue weighted by atomic mass is 36.0. The van der Waals surface area contributed by atoms with E-state index < -0.39 is 12.4 Å². The highest BCUT2D eigenvalue weighted by Gasteiger charge is 2.07. The Bertz CT molecular complexity index is 2490. The van der Waals surface area contributed by atoms with Crippen LogP contribution in [0.2, 0.25) is 20.6 Å². The maximum Gasteiger partial charge on any atom is 0.339 e. The van der Waals surface area contributed by atoms with Crippen molar-refractivity contribution < 1.29 is 33.7 Å². The third-order valence-corrected chi connectivity index (χ3v) is 6.84. The molecule has 57 heavy (non-hydrogen) atoms. The van der Waals surface area contributed by atoms with E-state index >= 15 is 0 Å². The van der Waals surface area contributed by atoms with Crippen molar-refractivity contribution in [3.05, 3.63) is 113 Å². The number of nitrogens with zero attached hydrogens (tertiary/aromatic N) is 11. The summed E-state index contributed by atoms with van der Waals surface area (Å²) in [5.74, 6) is 1.68. The molecule has 17 nitrogen and oxygen atoms in total. The maximum atomic E-state index is 9.96. The molecule has 0 aliphatic carbocycles. The molecular formula is C31H24Cl7FN11O6P. The molecule has 0 atom stereocenters. The van der Waals surface area contributed by atoms with Crippen LogP contribution >= 0.6 is 85.3 Å². The van der Waals surface area contributed by atoms with Gasteiger partial charge in [-0.05, 0) is 51.9 Å². The maximum absolute atomic E-state index is 9.96. The Balaban J connectivity index is 0.000000201. The average molecular weight is 946 g/mol. The van der Waals surface area contributed by atoms with Crippen molar-refractivity contribution in [1.82, 2.24) is 54.8 Å². The quantitative estimate of drug-likeness (QED) is 0.125. The SMILES string of the molecule is COc1cnc2c(Cl)nccc2n1.Clc1cnc2c(Cl)nccc2n1.Clc1nccc2nc(OCc3ncco3)cnc12.O=P(Cl)(Cl)Cl.OCc1ncco1.[2H]CF. The summed E-state index contributed by atoms with van der Waals surface area (Å²) in [7, 11) is 0.540. The third kappa shape index (κ3) is 16.6. The van der Waals surface area contributed by atoms with Gasteiger partial charge in [-0.1, -0.05) is 46.4 Å². The van der Waals surface area contributed by atoms with Gasteiger partial charge >= 0.3 is 5.20 Å². The topological polar surface area (TPSA) is 224 Å². The number of pyridine rings is 3. The number of alkyl halides is 1. The van der Waals surface area contributed by atoms with E-state index in [1.165, 1.54) is 37.3 Å². The number of hydrogen-bond acceptors (Lipinski definition) is 17. The largest absolute Gasteiger partial charge is 0.480 e. The summed E-state index contributed by atoms with van der Waals surface area (Å²) in [4.78, 5) is 43.8. The molecule has 0 spiro atoms. The molecule has 0 aliphatic heterocycles. The average Bonchev–Trinajstić information content (AvgIpc) is 3.93. The molecular weight excluding hydrogens is 921 g/mol. The fourth-order valence-corrected chi connectivity index (χ4v) is 4.39. The summed E-state index contributed by atoms with van der Waals surface area (Å²) < 4.78 is 45.0. The van der Waals surface area contributed by atoms with E-state index in [0.717, 1.165) is 0 Å². The number of methoxy groups -OCH3 is 1. The molecule has 0 aromatic carbocycles. The van der Waals surface area contributed by atoms with E-state index in [9.17, 15) is 8.96 Å². The molecule has 0 saturated carbocycles. The second-order valence-corrected chi connectivity index (χ2v) is 17.5. The number of aromatic nitrogens is 11. The van der Waals surface area contributed by atoms with Crippen LogP contribution in [0.3, 0.4) is 0 Å². The monoisotopic (exact) mass is 942 g/mol. The number of hydrogen-bond donors (Lipinski definition) is 1. The first-order valence-corrected chi connectivity index (χ1v) is 20.7. The summed E-state index contributed by atoms with van der Waals surface area (Å²) in [5.41, 5.74) is 3.66. The molecule has 0 fully saturated rings. The van der Waals surface area contributed by atoms with Crippen LogP contribution in [0.15, 0.2) is 89.1 Å². The minimum atomic E-state index is -3.22. The lowest BCUT2D eigenvalue weighted by Gasteiger charge is -2.03. The normalized spacial score (nSPS) is 10.5.